The van der Waals surface area contributed by atoms with Gasteiger partial charge in [0.2, 0.25) is 0 Å². The molecule has 1 aliphatic rings. The highest BCUT2D eigenvalue weighted by Crippen LogP contribution is 2.21. The van der Waals surface area contributed by atoms with Crippen LogP contribution in [0, 0.1) is 5.82 Å². The van der Waals surface area contributed by atoms with Gasteiger partial charge in [-0.25, -0.2) is 9.37 Å². The number of amides is 2. The van der Waals surface area contributed by atoms with E-state index in [2.05, 4.69) is 20.7 Å². The number of benzene rings is 1. The normalized spacial score (nSPS) is 14.4. The lowest BCUT2D eigenvalue weighted by Crippen LogP contribution is -2.41. The number of hydrogen-bond donors (Lipinski definition) is 2. The molecular weight excluding hydrogens is 359 g/mol. The van der Waals surface area contributed by atoms with Gasteiger partial charge in [0.15, 0.2) is 5.13 Å². The number of hydrazine groups is 1. The summed E-state index contributed by atoms with van der Waals surface area (Å²) in [6.07, 6.45) is 2.76. The third kappa shape index (κ3) is 4.87. The third-order valence-electron chi connectivity index (χ3n) is 3.60. The molecule has 1 aromatic carbocycles. The number of hydrogen-bond acceptors (Lipinski definition) is 6. The average molecular weight is 376 g/mol. The van der Waals surface area contributed by atoms with Crippen molar-refractivity contribution in [3.8, 4) is 0 Å². The van der Waals surface area contributed by atoms with E-state index >= 15 is 0 Å². The van der Waals surface area contributed by atoms with Crippen molar-refractivity contribution in [3.63, 3.8) is 0 Å². The van der Waals surface area contributed by atoms with E-state index in [4.69, 9.17) is 4.74 Å². The highest BCUT2D eigenvalue weighted by atomic mass is 32.1. The van der Waals surface area contributed by atoms with Crippen LogP contribution in [0.3, 0.4) is 0 Å². The first-order valence-corrected chi connectivity index (χ1v) is 8.82. The van der Waals surface area contributed by atoms with Crippen LogP contribution in [0.4, 0.5) is 9.52 Å². The minimum atomic E-state index is -0.508. The first kappa shape index (κ1) is 18.0. The number of ether oxygens (including phenoxy) is 1. The van der Waals surface area contributed by atoms with Crippen LogP contribution in [0.15, 0.2) is 35.7 Å². The topological polar surface area (TPSA) is 83.6 Å². The van der Waals surface area contributed by atoms with Crippen LogP contribution >= 0.6 is 11.3 Å². The Morgan fingerprint density at radius 2 is 1.92 bits per heavy atom. The van der Waals surface area contributed by atoms with Gasteiger partial charge in [0.25, 0.3) is 11.8 Å². The summed E-state index contributed by atoms with van der Waals surface area (Å²) in [5.74, 6) is -1.35. The van der Waals surface area contributed by atoms with Crippen molar-refractivity contribution in [2.45, 2.75) is 0 Å². The molecule has 9 heteroatoms. The Balaban J connectivity index is 1.49. The molecule has 3 rings (SSSR count). The van der Waals surface area contributed by atoms with E-state index in [1.54, 1.807) is 17.5 Å². The Kier molecular flexibility index (Phi) is 5.92. The number of aromatic nitrogens is 1. The Labute approximate surface area is 153 Å². The molecule has 0 saturated carbocycles. The SMILES string of the molecule is O=C(/C=C/c1ccc(F)cc1)NNC(=O)c1csc(N2CCOCC2)n1. The molecule has 0 radical (unpaired) electrons. The Morgan fingerprint density at radius 3 is 2.65 bits per heavy atom. The number of halogens is 1. The second-order valence-electron chi connectivity index (χ2n) is 5.44. The lowest BCUT2D eigenvalue weighted by Gasteiger charge is -2.25. The Bertz CT molecular complexity index is 801. The largest absolute Gasteiger partial charge is 0.378 e. The lowest BCUT2D eigenvalue weighted by molar-refractivity contribution is -0.117. The molecule has 1 fully saturated rings. The van der Waals surface area contributed by atoms with E-state index in [-0.39, 0.29) is 11.5 Å². The zero-order chi connectivity index (χ0) is 18.4. The van der Waals surface area contributed by atoms with E-state index < -0.39 is 11.8 Å². The van der Waals surface area contributed by atoms with Crippen LogP contribution in [0.25, 0.3) is 6.08 Å². The summed E-state index contributed by atoms with van der Waals surface area (Å²) in [5, 5.41) is 2.39. The molecule has 0 bridgehead atoms. The van der Waals surface area contributed by atoms with Gasteiger partial charge in [-0.05, 0) is 23.8 Å². The van der Waals surface area contributed by atoms with Gasteiger partial charge in [0, 0.05) is 24.5 Å². The van der Waals surface area contributed by atoms with Crippen molar-refractivity contribution < 1.29 is 18.7 Å². The maximum absolute atomic E-state index is 12.8. The maximum atomic E-state index is 12.8. The molecule has 2 N–H and O–H groups in total. The summed E-state index contributed by atoms with van der Waals surface area (Å²) in [5.41, 5.74) is 5.50. The van der Waals surface area contributed by atoms with Gasteiger partial charge >= 0.3 is 0 Å². The summed E-state index contributed by atoms with van der Waals surface area (Å²) in [6, 6.07) is 5.68. The fraction of sp³-hybridized carbons (Fsp3) is 0.235. The molecule has 26 heavy (non-hydrogen) atoms. The molecule has 7 nitrogen and oxygen atoms in total. The van der Waals surface area contributed by atoms with Crippen molar-refractivity contribution in [2.75, 3.05) is 31.2 Å². The van der Waals surface area contributed by atoms with E-state index in [0.717, 1.165) is 18.2 Å². The molecule has 2 heterocycles. The van der Waals surface area contributed by atoms with E-state index in [1.165, 1.54) is 35.6 Å². The van der Waals surface area contributed by atoms with Crippen LogP contribution in [-0.2, 0) is 9.53 Å². The number of carbonyl (C=O) groups excluding carboxylic acids is 2. The lowest BCUT2D eigenvalue weighted by atomic mass is 10.2. The highest BCUT2D eigenvalue weighted by molar-refractivity contribution is 7.13. The number of carbonyl (C=O) groups is 2. The summed E-state index contributed by atoms with van der Waals surface area (Å²) in [4.78, 5) is 30.1. The molecule has 0 aliphatic carbocycles. The zero-order valence-electron chi connectivity index (χ0n) is 13.8. The monoisotopic (exact) mass is 376 g/mol. The molecule has 0 spiro atoms. The number of nitrogens with zero attached hydrogens (tertiary/aromatic N) is 2. The van der Waals surface area contributed by atoms with Crippen LogP contribution in [0.1, 0.15) is 16.1 Å². The van der Waals surface area contributed by atoms with Crippen molar-refractivity contribution >= 4 is 34.4 Å². The standard InChI is InChI=1S/C17H17FN4O3S/c18-13-4-1-12(2-5-13)3-6-15(23)20-21-16(24)14-11-26-17(19-14)22-7-9-25-10-8-22/h1-6,11H,7-10H2,(H,20,23)(H,21,24)/b6-3+. The Hall–Kier alpha value is -2.78. The molecule has 0 unspecified atom stereocenters. The van der Waals surface area contributed by atoms with Gasteiger partial charge in [-0.3, -0.25) is 20.4 Å². The summed E-state index contributed by atoms with van der Waals surface area (Å²) in [6.45, 7) is 2.74. The van der Waals surface area contributed by atoms with Crippen LogP contribution in [0.5, 0.6) is 0 Å². The van der Waals surface area contributed by atoms with Gasteiger partial charge in [-0.15, -0.1) is 11.3 Å². The Morgan fingerprint density at radius 1 is 1.19 bits per heavy atom. The minimum Gasteiger partial charge on any atom is -0.378 e. The maximum Gasteiger partial charge on any atom is 0.289 e. The van der Waals surface area contributed by atoms with Crippen molar-refractivity contribution in [3.05, 3.63) is 52.8 Å². The van der Waals surface area contributed by atoms with Gasteiger partial charge < -0.3 is 9.64 Å². The molecule has 1 aromatic heterocycles. The zero-order valence-corrected chi connectivity index (χ0v) is 14.6. The van der Waals surface area contributed by atoms with E-state index in [0.29, 0.717) is 18.8 Å². The molecule has 1 saturated heterocycles. The summed E-state index contributed by atoms with van der Waals surface area (Å²) in [7, 11) is 0. The second kappa shape index (κ2) is 8.54. The molecule has 136 valence electrons. The quantitative estimate of drug-likeness (QED) is 0.626. The number of nitrogens with one attached hydrogen (secondary N) is 2. The van der Waals surface area contributed by atoms with Crippen molar-refractivity contribution in [2.24, 2.45) is 0 Å². The number of morpholine rings is 1. The van der Waals surface area contributed by atoms with Gasteiger partial charge in [-0.1, -0.05) is 12.1 Å². The number of anilines is 1. The smallest absolute Gasteiger partial charge is 0.289 e. The second-order valence-corrected chi connectivity index (χ2v) is 6.28. The third-order valence-corrected chi connectivity index (χ3v) is 4.50. The molecule has 1 aliphatic heterocycles. The highest BCUT2D eigenvalue weighted by Gasteiger charge is 2.17. The molecule has 2 aromatic rings. The van der Waals surface area contributed by atoms with E-state index in [9.17, 15) is 14.0 Å². The average Bonchev–Trinajstić information content (AvgIpc) is 3.17. The molecular formula is C17H17FN4O3S. The van der Waals surface area contributed by atoms with Gasteiger partial charge in [0.05, 0.1) is 13.2 Å². The first-order chi connectivity index (χ1) is 12.6. The van der Waals surface area contributed by atoms with E-state index in [1.807, 2.05) is 0 Å². The van der Waals surface area contributed by atoms with Crippen LogP contribution in [-0.4, -0.2) is 43.1 Å². The van der Waals surface area contributed by atoms with Crippen molar-refractivity contribution in [1.82, 2.24) is 15.8 Å². The predicted octanol–water partition coefficient (Wildman–Crippen LogP) is 1.59. The summed E-state index contributed by atoms with van der Waals surface area (Å²) < 4.78 is 18.1. The van der Waals surface area contributed by atoms with Gasteiger partial charge in [0.1, 0.15) is 11.5 Å². The van der Waals surface area contributed by atoms with Gasteiger partial charge in [-0.2, -0.15) is 0 Å². The van der Waals surface area contributed by atoms with Crippen molar-refractivity contribution in [1.29, 1.82) is 0 Å². The van der Waals surface area contributed by atoms with Crippen LogP contribution < -0.4 is 15.8 Å². The molecule has 0 atom stereocenters. The number of rotatable bonds is 4. The fourth-order valence-corrected chi connectivity index (χ4v) is 3.10. The fourth-order valence-electron chi connectivity index (χ4n) is 2.24. The number of thiazole rings is 1. The first-order valence-electron chi connectivity index (χ1n) is 7.94. The summed E-state index contributed by atoms with van der Waals surface area (Å²) >= 11 is 1.37. The minimum absolute atomic E-state index is 0.235. The van der Waals surface area contributed by atoms with Crippen LogP contribution in [0.2, 0.25) is 0 Å². The predicted molar refractivity (Wildman–Crippen MR) is 96.2 cm³/mol. The molecule has 2 amide bonds.